The molecule has 1 heterocycles. The highest BCUT2D eigenvalue weighted by Crippen LogP contribution is 2.31. The highest BCUT2D eigenvalue weighted by Gasteiger charge is 2.27. The molecular weight excluding hydrogens is 292 g/mol. The first-order valence-corrected chi connectivity index (χ1v) is 9.34. The number of hydrogen-bond donors (Lipinski definition) is 2. The number of thioether (sulfide) groups is 1. The van der Waals surface area contributed by atoms with Gasteiger partial charge >= 0.3 is 0 Å². The van der Waals surface area contributed by atoms with Crippen molar-refractivity contribution in [3.8, 4) is 0 Å². The van der Waals surface area contributed by atoms with E-state index in [0.29, 0.717) is 29.0 Å². The lowest BCUT2D eigenvalue weighted by atomic mass is 10.1. The van der Waals surface area contributed by atoms with Crippen molar-refractivity contribution in [2.24, 2.45) is 0 Å². The summed E-state index contributed by atoms with van der Waals surface area (Å²) in [7, 11) is 0. The van der Waals surface area contributed by atoms with E-state index in [1.165, 1.54) is 12.0 Å². The van der Waals surface area contributed by atoms with E-state index in [2.05, 4.69) is 68.7 Å². The standard InChI is InChI=1S/C18H30N2OS/c1-13(2)19-12-17-10-11-18(21-17)22-15(4)20-14(3)16-8-6-5-7-9-16/h5-9,13-15,17-20H,10-12H2,1-4H3. The van der Waals surface area contributed by atoms with Gasteiger partial charge in [0, 0.05) is 18.6 Å². The van der Waals surface area contributed by atoms with Crippen LogP contribution in [0.15, 0.2) is 30.3 Å². The van der Waals surface area contributed by atoms with Crippen molar-refractivity contribution in [3.05, 3.63) is 35.9 Å². The van der Waals surface area contributed by atoms with Crippen LogP contribution < -0.4 is 10.6 Å². The summed E-state index contributed by atoms with van der Waals surface area (Å²) in [5, 5.41) is 7.51. The van der Waals surface area contributed by atoms with Crippen molar-refractivity contribution in [2.75, 3.05) is 6.54 Å². The van der Waals surface area contributed by atoms with Gasteiger partial charge in [0.15, 0.2) is 0 Å². The molecule has 0 aromatic heterocycles. The van der Waals surface area contributed by atoms with Gasteiger partial charge in [-0.15, -0.1) is 11.8 Å². The minimum Gasteiger partial charge on any atom is -0.363 e. The summed E-state index contributed by atoms with van der Waals surface area (Å²) in [5.41, 5.74) is 1.66. The van der Waals surface area contributed by atoms with Crippen LogP contribution in [0.4, 0.5) is 0 Å². The van der Waals surface area contributed by atoms with Crippen LogP contribution in [0.2, 0.25) is 0 Å². The van der Waals surface area contributed by atoms with E-state index in [-0.39, 0.29) is 0 Å². The fourth-order valence-electron chi connectivity index (χ4n) is 2.75. The van der Waals surface area contributed by atoms with Crippen LogP contribution in [-0.4, -0.2) is 29.5 Å². The van der Waals surface area contributed by atoms with Crippen molar-refractivity contribution < 1.29 is 4.74 Å². The molecule has 4 heteroatoms. The largest absolute Gasteiger partial charge is 0.363 e. The number of hydrogen-bond acceptors (Lipinski definition) is 4. The normalized spacial score (nSPS) is 24.6. The van der Waals surface area contributed by atoms with Gasteiger partial charge in [0.2, 0.25) is 0 Å². The molecule has 1 fully saturated rings. The molecule has 22 heavy (non-hydrogen) atoms. The maximum atomic E-state index is 6.13. The lowest BCUT2D eigenvalue weighted by Gasteiger charge is -2.23. The summed E-state index contributed by atoms with van der Waals surface area (Å²) in [6, 6.07) is 11.5. The lowest BCUT2D eigenvalue weighted by molar-refractivity contribution is 0.0899. The summed E-state index contributed by atoms with van der Waals surface area (Å²) >= 11 is 1.91. The van der Waals surface area contributed by atoms with Crippen LogP contribution in [0.5, 0.6) is 0 Å². The van der Waals surface area contributed by atoms with Gasteiger partial charge in [-0.05, 0) is 32.3 Å². The second kappa shape index (κ2) is 8.92. The van der Waals surface area contributed by atoms with Gasteiger partial charge in [-0.25, -0.2) is 0 Å². The molecule has 4 atom stereocenters. The Balaban J connectivity index is 1.70. The molecular formula is C18H30N2OS. The number of ether oxygens (including phenoxy) is 1. The van der Waals surface area contributed by atoms with Crippen LogP contribution in [0, 0.1) is 0 Å². The van der Waals surface area contributed by atoms with Crippen LogP contribution in [0.1, 0.15) is 52.1 Å². The quantitative estimate of drug-likeness (QED) is 0.711. The summed E-state index contributed by atoms with van der Waals surface area (Å²) in [4.78, 5) is 0. The van der Waals surface area contributed by atoms with Crippen LogP contribution in [0.3, 0.4) is 0 Å². The Morgan fingerprint density at radius 3 is 2.55 bits per heavy atom. The van der Waals surface area contributed by atoms with E-state index >= 15 is 0 Å². The predicted molar refractivity (Wildman–Crippen MR) is 96.1 cm³/mol. The van der Waals surface area contributed by atoms with E-state index in [1.807, 2.05) is 11.8 Å². The highest BCUT2D eigenvalue weighted by atomic mass is 32.2. The van der Waals surface area contributed by atoms with Crippen molar-refractivity contribution in [2.45, 2.75) is 69.5 Å². The minimum absolute atomic E-state index is 0.324. The molecule has 2 rings (SSSR count). The zero-order valence-electron chi connectivity index (χ0n) is 14.2. The number of nitrogens with one attached hydrogen (secondary N) is 2. The molecule has 1 aromatic rings. The third-order valence-electron chi connectivity index (χ3n) is 3.96. The summed E-state index contributed by atoms with van der Waals surface area (Å²) < 4.78 is 6.13. The number of rotatable bonds is 8. The van der Waals surface area contributed by atoms with Gasteiger partial charge < -0.3 is 10.1 Å². The summed E-state index contributed by atoms with van der Waals surface area (Å²) in [6.07, 6.45) is 2.69. The third kappa shape index (κ3) is 5.92. The van der Waals surface area contributed by atoms with Crippen LogP contribution >= 0.6 is 11.8 Å². The Bertz CT molecular complexity index is 426. The van der Waals surface area contributed by atoms with Gasteiger partial charge in [0.1, 0.15) is 5.44 Å². The van der Waals surface area contributed by atoms with Gasteiger partial charge in [0.05, 0.1) is 11.5 Å². The molecule has 0 radical (unpaired) electrons. The van der Waals surface area contributed by atoms with E-state index < -0.39 is 0 Å². The predicted octanol–water partition coefficient (Wildman–Crippen LogP) is 3.92. The van der Waals surface area contributed by atoms with Crippen LogP contribution in [-0.2, 0) is 4.74 Å². The average molecular weight is 323 g/mol. The third-order valence-corrected chi connectivity index (χ3v) is 5.16. The minimum atomic E-state index is 0.324. The smallest absolute Gasteiger partial charge is 0.105 e. The summed E-state index contributed by atoms with van der Waals surface area (Å²) in [5.74, 6) is 0. The SMILES string of the molecule is CC(C)NCC1CCC(SC(C)NC(C)c2ccccc2)O1. The Morgan fingerprint density at radius 2 is 1.86 bits per heavy atom. The molecule has 0 aliphatic carbocycles. The Hall–Kier alpha value is -0.550. The maximum Gasteiger partial charge on any atom is 0.105 e. The highest BCUT2D eigenvalue weighted by molar-refractivity contribution is 8.00. The van der Waals surface area contributed by atoms with Crippen LogP contribution in [0.25, 0.3) is 0 Å². The Kier molecular flexibility index (Phi) is 7.22. The van der Waals surface area contributed by atoms with Crippen molar-refractivity contribution in [1.82, 2.24) is 10.6 Å². The van der Waals surface area contributed by atoms with Gasteiger partial charge in [0.25, 0.3) is 0 Å². The molecule has 124 valence electrons. The second-order valence-corrected chi connectivity index (χ2v) is 7.91. The van der Waals surface area contributed by atoms with E-state index in [0.717, 1.165) is 13.0 Å². The van der Waals surface area contributed by atoms with E-state index in [1.54, 1.807) is 0 Å². The lowest BCUT2D eigenvalue weighted by Crippen LogP contribution is -2.32. The average Bonchev–Trinajstić information content (AvgIpc) is 2.93. The van der Waals surface area contributed by atoms with Crippen molar-refractivity contribution in [3.63, 3.8) is 0 Å². The second-order valence-electron chi connectivity index (χ2n) is 6.41. The number of benzene rings is 1. The van der Waals surface area contributed by atoms with Crippen molar-refractivity contribution >= 4 is 11.8 Å². The topological polar surface area (TPSA) is 33.3 Å². The molecule has 3 nitrogen and oxygen atoms in total. The fraction of sp³-hybridized carbons (Fsp3) is 0.667. The Labute approximate surface area is 139 Å². The van der Waals surface area contributed by atoms with Gasteiger partial charge in [-0.2, -0.15) is 0 Å². The molecule has 0 bridgehead atoms. The van der Waals surface area contributed by atoms with E-state index in [4.69, 9.17) is 4.74 Å². The Morgan fingerprint density at radius 1 is 1.14 bits per heavy atom. The first-order valence-electron chi connectivity index (χ1n) is 8.40. The zero-order chi connectivity index (χ0) is 15.9. The van der Waals surface area contributed by atoms with Gasteiger partial charge in [-0.1, -0.05) is 44.2 Å². The first kappa shape index (κ1) is 17.8. The molecule has 1 aliphatic rings. The monoisotopic (exact) mass is 322 g/mol. The summed E-state index contributed by atoms with van der Waals surface area (Å²) in [6.45, 7) is 9.78. The molecule has 1 saturated heterocycles. The molecule has 2 N–H and O–H groups in total. The first-order chi connectivity index (χ1) is 10.5. The molecule has 0 spiro atoms. The molecule has 0 saturated carbocycles. The molecule has 1 aromatic carbocycles. The maximum absolute atomic E-state index is 6.13. The fourth-order valence-corrected chi connectivity index (χ4v) is 3.98. The molecule has 4 unspecified atom stereocenters. The molecule has 1 aliphatic heterocycles. The van der Waals surface area contributed by atoms with Crippen molar-refractivity contribution in [1.29, 1.82) is 0 Å². The van der Waals surface area contributed by atoms with E-state index in [9.17, 15) is 0 Å². The zero-order valence-corrected chi connectivity index (χ0v) is 15.0. The van der Waals surface area contributed by atoms with Gasteiger partial charge in [-0.3, -0.25) is 5.32 Å². The molecule has 0 amide bonds.